The van der Waals surface area contributed by atoms with Crippen molar-refractivity contribution in [3.8, 4) is 11.1 Å². The zero-order valence-corrected chi connectivity index (χ0v) is 23.3. The summed E-state index contributed by atoms with van der Waals surface area (Å²) in [5, 5.41) is 6.69. The average Bonchev–Trinajstić information content (AvgIpc) is 2.97. The number of urea groups is 1. The van der Waals surface area contributed by atoms with Gasteiger partial charge < -0.3 is 20.3 Å². The number of nitrogens with one attached hydrogen (secondary N) is 2. The monoisotopic (exact) mass is 551 g/mol. The smallest absolute Gasteiger partial charge is 0.319 e. The molecule has 1 aliphatic carbocycles. The third-order valence-electron chi connectivity index (χ3n) is 8.87. The fraction of sp³-hybridized carbons (Fsp3) is 0.533. The first-order chi connectivity index (χ1) is 19.0. The summed E-state index contributed by atoms with van der Waals surface area (Å²) in [5.74, 6) is 0.0888. The summed E-state index contributed by atoms with van der Waals surface area (Å²) in [5.41, 5.74) is 4.14. The van der Waals surface area contributed by atoms with Crippen LogP contribution in [0.1, 0.15) is 48.0 Å². The SMILES string of the molecule is O=C1Nc2c(Cl)cc(-c3ccc(C(=O)N4CCN(CCN5CCOCC5)CC4)cc3)cc2C2(CCCCC2)N1. The third-order valence-corrected chi connectivity index (χ3v) is 9.16. The van der Waals surface area contributed by atoms with Gasteiger partial charge in [0.1, 0.15) is 0 Å². The number of halogens is 1. The number of anilines is 1. The summed E-state index contributed by atoms with van der Waals surface area (Å²) in [7, 11) is 0. The van der Waals surface area contributed by atoms with Gasteiger partial charge in [0.25, 0.3) is 5.91 Å². The molecular formula is C30H38ClN5O3. The van der Waals surface area contributed by atoms with Crippen molar-refractivity contribution in [1.82, 2.24) is 20.0 Å². The molecule has 39 heavy (non-hydrogen) atoms. The molecule has 3 amide bonds. The maximum Gasteiger partial charge on any atom is 0.319 e. The number of hydrogen-bond acceptors (Lipinski definition) is 5. The van der Waals surface area contributed by atoms with Crippen molar-refractivity contribution in [3.05, 3.63) is 52.5 Å². The maximum absolute atomic E-state index is 13.3. The quantitative estimate of drug-likeness (QED) is 0.576. The number of carbonyl (C=O) groups excluding carboxylic acids is 2. The van der Waals surface area contributed by atoms with E-state index < -0.39 is 0 Å². The molecule has 1 saturated carbocycles. The second-order valence-corrected chi connectivity index (χ2v) is 11.7. The van der Waals surface area contributed by atoms with Crippen LogP contribution in [0.3, 0.4) is 0 Å². The van der Waals surface area contributed by atoms with Crippen molar-refractivity contribution >= 4 is 29.2 Å². The first-order valence-corrected chi connectivity index (χ1v) is 14.7. The van der Waals surface area contributed by atoms with Crippen molar-refractivity contribution in [2.45, 2.75) is 37.6 Å². The molecule has 8 nitrogen and oxygen atoms in total. The van der Waals surface area contributed by atoms with Gasteiger partial charge in [-0.1, -0.05) is 43.0 Å². The van der Waals surface area contributed by atoms with Crippen LogP contribution < -0.4 is 10.6 Å². The predicted octanol–water partition coefficient (Wildman–Crippen LogP) is 4.39. The van der Waals surface area contributed by atoms with Crippen molar-refractivity contribution in [2.75, 3.05) is 70.9 Å². The van der Waals surface area contributed by atoms with Gasteiger partial charge in [-0.15, -0.1) is 0 Å². The third kappa shape index (κ3) is 5.66. The lowest BCUT2D eigenvalue weighted by Gasteiger charge is -2.43. The van der Waals surface area contributed by atoms with Gasteiger partial charge in [0, 0.05) is 63.5 Å². The van der Waals surface area contributed by atoms with Crippen LogP contribution in [0, 0.1) is 0 Å². The molecule has 2 N–H and O–H groups in total. The normalized spacial score (nSPS) is 21.8. The molecule has 4 aliphatic rings. The van der Waals surface area contributed by atoms with Gasteiger partial charge >= 0.3 is 6.03 Å². The Kier molecular flexibility index (Phi) is 7.80. The van der Waals surface area contributed by atoms with E-state index in [1.54, 1.807) is 0 Å². The Bertz CT molecular complexity index is 1200. The molecule has 3 aliphatic heterocycles. The van der Waals surface area contributed by atoms with Crippen LogP contribution >= 0.6 is 11.6 Å². The number of fused-ring (bicyclic) bond motifs is 2. The lowest BCUT2D eigenvalue weighted by Crippen LogP contribution is -2.52. The van der Waals surface area contributed by atoms with Crippen molar-refractivity contribution in [3.63, 3.8) is 0 Å². The molecule has 3 heterocycles. The van der Waals surface area contributed by atoms with E-state index in [1.807, 2.05) is 35.2 Å². The van der Waals surface area contributed by atoms with E-state index in [1.165, 1.54) is 6.42 Å². The minimum absolute atomic E-state index is 0.0888. The van der Waals surface area contributed by atoms with E-state index >= 15 is 0 Å². The number of benzene rings is 2. The molecular weight excluding hydrogens is 514 g/mol. The molecule has 6 rings (SSSR count). The van der Waals surface area contributed by atoms with E-state index in [9.17, 15) is 9.59 Å². The number of amides is 3. The van der Waals surface area contributed by atoms with Crippen molar-refractivity contribution in [1.29, 1.82) is 0 Å². The molecule has 2 aromatic carbocycles. The maximum atomic E-state index is 13.3. The summed E-state index contributed by atoms with van der Waals surface area (Å²) in [6.45, 7) is 9.13. The zero-order valence-electron chi connectivity index (χ0n) is 22.5. The summed E-state index contributed by atoms with van der Waals surface area (Å²) in [6.07, 6.45) is 5.19. The van der Waals surface area contributed by atoms with Gasteiger partial charge in [0.05, 0.1) is 29.5 Å². The first-order valence-electron chi connectivity index (χ1n) is 14.4. The van der Waals surface area contributed by atoms with Crippen LogP contribution in [0.2, 0.25) is 5.02 Å². The Morgan fingerprint density at radius 1 is 0.872 bits per heavy atom. The van der Waals surface area contributed by atoms with Crippen LogP contribution in [0.15, 0.2) is 36.4 Å². The lowest BCUT2D eigenvalue weighted by atomic mass is 9.74. The first kappa shape index (κ1) is 26.6. The molecule has 0 aromatic heterocycles. The van der Waals surface area contributed by atoms with Crippen molar-refractivity contribution in [2.24, 2.45) is 0 Å². The number of carbonyl (C=O) groups is 2. The van der Waals surface area contributed by atoms with Gasteiger partial charge in [-0.25, -0.2) is 4.79 Å². The van der Waals surface area contributed by atoms with Gasteiger partial charge in [-0.05, 0) is 48.2 Å². The molecule has 1 spiro atoms. The van der Waals surface area contributed by atoms with Crippen LogP contribution in [0.4, 0.5) is 10.5 Å². The van der Waals surface area contributed by atoms with E-state index in [0.29, 0.717) is 10.6 Å². The second kappa shape index (κ2) is 11.5. The number of rotatable bonds is 5. The Morgan fingerprint density at radius 3 is 2.23 bits per heavy atom. The average molecular weight is 552 g/mol. The highest BCUT2D eigenvalue weighted by Crippen LogP contribution is 2.46. The Morgan fingerprint density at radius 2 is 1.54 bits per heavy atom. The number of hydrogen-bond donors (Lipinski definition) is 2. The summed E-state index contributed by atoms with van der Waals surface area (Å²) in [6, 6.07) is 11.7. The Labute approximate surface area is 235 Å². The Hall–Kier alpha value is -2.65. The minimum Gasteiger partial charge on any atom is -0.379 e. The lowest BCUT2D eigenvalue weighted by molar-refractivity contribution is 0.0293. The molecule has 3 fully saturated rings. The number of piperazine rings is 1. The van der Waals surface area contributed by atoms with Gasteiger partial charge in [-0.2, -0.15) is 0 Å². The molecule has 0 bridgehead atoms. The largest absolute Gasteiger partial charge is 0.379 e. The molecule has 208 valence electrons. The molecule has 0 atom stereocenters. The second-order valence-electron chi connectivity index (χ2n) is 11.3. The van der Waals surface area contributed by atoms with E-state index in [-0.39, 0.29) is 17.5 Å². The van der Waals surface area contributed by atoms with Gasteiger partial charge in [0.2, 0.25) is 0 Å². The van der Waals surface area contributed by atoms with Crippen LogP contribution in [-0.4, -0.2) is 92.2 Å². The van der Waals surface area contributed by atoms with Gasteiger partial charge in [0.15, 0.2) is 0 Å². The van der Waals surface area contributed by atoms with E-state index in [0.717, 1.165) is 114 Å². The Balaban J connectivity index is 1.11. The highest BCUT2D eigenvalue weighted by molar-refractivity contribution is 6.34. The zero-order chi connectivity index (χ0) is 26.8. The summed E-state index contributed by atoms with van der Waals surface area (Å²) in [4.78, 5) is 32.6. The number of ether oxygens (including phenoxy) is 1. The number of morpholine rings is 1. The highest BCUT2D eigenvalue weighted by Gasteiger charge is 2.41. The summed E-state index contributed by atoms with van der Waals surface area (Å²) >= 11 is 6.71. The topological polar surface area (TPSA) is 77.2 Å². The van der Waals surface area contributed by atoms with E-state index in [4.69, 9.17) is 16.3 Å². The van der Waals surface area contributed by atoms with Crippen LogP contribution in [-0.2, 0) is 10.3 Å². The minimum atomic E-state index is -0.365. The van der Waals surface area contributed by atoms with Crippen LogP contribution in [0.5, 0.6) is 0 Å². The number of nitrogens with zero attached hydrogens (tertiary/aromatic N) is 3. The molecule has 0 unspecified atom stereocenters. The fourth-order valence-electron chi connectivity index (χ4n) is 6.53. The summed E-state index contributed by atoms with van der Waals surface area (Å²) < 4.78 is 5.44. The molecule has 2 saturated heterocycles. The van der Waals surface area contributed by atoms with Crippen molar-refractivity contribution < 1.29 is 14.3 Å². The van der Waals surface area contributed by atoms with E-state index in [2.05, 4.69) is 26.5 Å². The standard InChI is InChI=1S/C30H38ClN5O3/c31-26-21-24(20-25-27(26)32-29(38)33-30(25)8-2-1-3-9-30)22-4-6-23(7-5-22)28(37)36-14-12-34(13-15-36)10-11-35-16-18-39-19-17-35/h4-7,20-21H,1-3,8-19H2,(H2,32,33,38). The predicted molar refractivity (Wildman–Crippen MR) is 153 cm³/mol. The fourth-order valence-corrected chi connectivity index (χ4v) is 6.79. The molecule has 9 heteroatoms. The van der Waals surface area contributed by atoms with Gasteiger partial charge in [-0.3, -0.25) is 14.6 Å². The molecule has 0 radical (unpaired) electrons. The molecule has 2 aromatic rings. The van der Waals surface area contributed by atoms with Crippen LogP contribution in [0.25, 0.3) is 11.1 Å². The highest BCUT2D eigenvalue weighted by atomic mass is 35.5.